The summed E-state index contributed by atoms with van der Waals surface area (Å²) in [5, 5.41) is 6.44. The van der Waals surface area contributed by atoms with E-state index in [0.29, 0.717) is 18.5 Å². The van der Waals surface area contributed by atoms with Crippen LogP contribution in [0.15, 0.2) is 4.99 Å². The van der Waals surface area contributed by atoms with Crippen LogP contribution in [-0.4, -0.2) is 45.0 Å². The van der Waals surface area contributed by atoms with Gasteiger partial charge in [0, 0.05) is 25.9 Å². The highest BCUT2D eigenvalue weighted by atomic mass is 127. The van der Waals surface area contributed by atoms with Crippen LogP contribution in [0.3, 0.4) is 0 Å². The first-order valence-electron chi connectivity index (χ1n) is 6.43. The zero-order valence-electron chi connectivity index (χ0n) is 12.2. The van der Waals surface area contributed by atoms with Crippen LogP contribution in [0.1, 0.15) is 39.5 Å². The number of rotatable bonds is 4. The molecule has 114 valence electrons. The van der Waals surface area contributed by atoms with Gasteiger partial charge in [-0.25, -0.2) is 8.42 Å². The summed E-state index contributed by atoms with van der Waals surface area (Å²) in [4.78, 5) is 4.14. The molecule has 0 amide bonds. The van der Waals surface area contributed by atoms with Crippen LogP contribution in [0, 0.1) is 0 Å². The minimum atomic E-state index is -3.08. The Hall–Kier alpha value is -0.0500. The minimum absolute atomic E-state index is 0. The van der Waals surface area contributed by atoms with Crippen molar-refractivity contribution in [1.29, 1.82) is 0 Å². The molecule has 5 nitrogen and oxygen atoms in total. The van der Waals surface area contributed by atoms with Gasteiger partial charge in [-0.1, -0.05) is 12.8 Å². The number of hydrogen-bond acceptors (Lipinski definition) is 3. The molecular formula is C12H26IN3O2S. The van der Waals surface area contributed by atoms with Crippen molar-refractivity contribution in [1.82, 2.24) is 10.6 Å². The van der Waals surface area contributed by atoms with Gasteiger partial charge < -0.3 is 10.6 Å². The summed E-state index contributed by atoms with van der Waals surface area (Å²) in [6, 6.07) is 0.470. The maximum atomic E-state index is 11.6. The van der Waals surface area contributed by atoms with Crippen LogP contribution >= 0.6 is 24.0 Å². The van der Waals surface area contributed by atoms with Crippen molar-refractivity contribution < 1.29 is 8.42 Å². The Morgan fingerprint density at radius 2 is 1.84 bits per heavy atom. The van der Waals surface area contributed by atoms with E-state index in [1.807, 2.05) is 0 Å². The largest absolute Gasteiger partial charge is 0.355 e. The number of aliphatic imine (C=N–C) groups is 1. The Kier molecular flexibility index (Phi) is 7.64. The molecule has 0 aliphatic heterocycles. The van der Waals surface area contributed by atoms with Gasteiger partial charge in [-0.05, 0) is 26.7 Å². The molecule has 0 unspecified atom stereocenters. The Balaban J connectivity index is 0.00000324. The molecule has 1 aliphatic carbocycles. The molecule has 1 rings (SSSR count). The molecule has 2 N–H and O–H groups in total. The average molecular weight is 403 g/mol. The number of sulfone groups is 1. The lowest BCUT2D eigenvalue weighted by Gasteiger charge is -2.25. The van der Waals surface area contributed by atoms with Crippen molar-refractivity contribution in [2.75, 3.05) is 19.8 Å². The summed E-state index contributed by atoms with van der Waals surface area (Å²) in [5.41, 5.74) is 0. The van der Waals surface area contributed by atoms with E-state index in [1.54, 1.807) is 20.9 Å². The lowest BCUT2D eigenvalue weighted by molar-refractivity contribution is 0.540. The number of halogens is 1. The SMILES string of the molecule is CN=C(NCC(C)(C)S(C)(=O)=O)NC1CCCC1.I. The smallest absolute Gasteiger partial charge is 0.191 e. The summed E-state index contributed by atoms with van der Waals surface area (Å²) >= 11 is 0. The van der Waals surface area contributed by atoms with Crippen LogP contribution in [0.5, 0.6) is 0 Å². The van der Waals surface area contributed by atoms with E-state index in [9.17, 15) is 8.42 Å². The number of guanidine groups is 1. The summed E-state index contributed by atoms with van der Waals surface area (Å²) in [7, 11) is -1.37. The zero-order chi connectivity index (χ0) is 13.8. The second kappa shape index (κ2) is 7.66. The quantitative estimate of drug-likeness (QED) is 0.425. The molecule has 19 heavy (non-hydrogen) atoms. The molecule has 0 spiro atoms. The summed E-state index contributed by atoms with van der Waals surface area (Å²) in [6.07, 6.45) is 6.10. The van der Waals surface area contributed by atoms with E-state index >= 15 is 0 Å². The first kappa shape index (κ1) is 18.9. The van der Waals surface area contributed by atoms with Crippen LogP contribution in [0.25, 0.3) is 0 Å². The highest BCUT2D eigenvalue weighted by Crippen LogP contribution is 2.17. The lowest BCUT2D eigenvalue weighted by atomic mass is 10.2. The first-order valence-corrected chi connectivity index (χ1v) is 8.32. The van der Waals surface area contributed by atoms with Crippen LogP contribution in [0.2, 0.25) is 0 Å². The lowest BCUT2D eigenvalue weighted by Crippen LogP contribution is -2.49. The first-order chi connectivity index (χ1) is 8.26. The predicted molar refractivity (Wildman–Crippen MR) is 91.1 cm³/mol. The van der Waals surface area contributed by atoms with Crippen molar-refractivity contribution in [3.63, 3.8) is 0 Å². The third-order valence-corrected chi connectivity index (χ3v) is 5.76. The predicted octanol–water partition coefficient (Wildman–Crippen LogP) is 1.54. The third-order valence-electron chi connectivity index (χ3n) is 3.60. The van der Waals surface area contributed by atoms with Gasteiger partial charge in [-0.3, -0.25) is 4.99 Å². The Bertz CT molecular complexity index is 401. The standard InChI is InChI=1S/C12H25N3O2S.HI/c1-12(2,18(4,16)17)9-14-11(13-3)15-10-7-5-6-8-10;/h10H,5-9H2,1-4H3,(H2,13,14,15);1H. The molecule has 1 aliphatic rings. The van der Waals surface area contributed by atoms with Gasteiger partial charge in [-0.15, -0.1) is 24.0 Å². The Labute approximate surface area is 134 Å². The zero-order valence-corrected chi connectivity index (χ0v) is 15.3. The van der Waals surface area contributed by atoms with E-state index in [1.165, 1.54) is 19.1 Å². The highest BCUT2D eigenvalue weighted by molar-refractivity contribution is 14.0. The van der Waals surface area contributed by atoms with Crippen molar-refractivity contribution in [3.05, 3.63) is 0 Å². The average Bonchev–Trinajstić information content (AvgIpc) is 2.75. The minimum Gasteiger partial charge on any atom is -0.355 e. The molecular weight excluding hydrogens is 377 g/mol. The molecule has 0 radical (unpaired) electrons. The van der Waals surface area contributed by atoms with E-state index < -0.39 is 14.6 Å². The maximum absolute atomic E-state index is 11.6. The van der Waals surface area contributed by atoms with Gasteiger partial charge in [0.2, 0.25) is 0 Å². The molecule has 0 heterocycles. The monoisotopic (exact) mass is 403 g/mol. The summed E-state index contributed by atoms with van der Waals surface area (Å²) in [6.45, 7) is 3.80. The molecule has 0 bridgehead atoms. The van der Waals surface area contributed by atoms with Gasteiger partial charge in [-0.2, -0.15) is 0 Å². The van der Waals surface area contributed by atoms with Crippen molar-refractivity contribution in [2.24, 2.45) is 4.99 Å². The van der Waals surface area contributed by atoms with E-state index in [-0.39, 0.29) is 24.0 Å². The maximum Gasteiger partial charge on any atom is 0.191 e. The van der Waals surface area contributed by atoms with Gasteiger partial charge in [0.1, 0.15) is 0 Å². The molecule has 0 atom stereocenters. The van der Waals surface area contributed by atoms with Crippen LogP contribution < -0.4 is 10.6 Å². The Morgan fingerprint density at radius 3 is 2.26 bits per heavy atom. The molecule has 7 heteroatoms. The summed E-state index contributed by atoms with van der Waals surface area (Å²) < 4.78 is 22.4. The van der Waals surface area contributed by atoms with Gasteiger partial charge in [0.05, 0.1) is 4.75 Å². The van der Waals surface area contributed by atoms with E-state index in [2.05, 4.69) is 15.6 Å². The molecule has 1 saturated carbocycles. The topological polar surface area (TPSA) is 70.6 Å². The number of nitrogens with zero attached hydrogens (tertiary/aromatic N) is 1. The van der Waals surface area contributed by atoms with Gasteiger partial charge in [0.25, 0.3) is 0 Å². The van der Waals surface area contributed by atoms with E-state index in [0.717, 1.165) is 12.8 Å². The Morgan fingerprint density at radius 1 is 1.32 bits per heavy atom. The fourth-order valence-electron chi connectivity index (χ4n) is 1.89. The summed E-state index contributed by atoms with van der Waals surface area (Å²) in [5.74, 6) is 0.693. The van der Waals surface area contributed by atoms with Gasteiger partial charge >= 0.3 is 0 Å². The number of hydrogen-bond donors (Lipinski definition) is 2. The normalized spacial score (nSPS) is 18.0. The highest BCUT2D eigenvalue weighted by Gasteiger charge is 2.30. The second-order valence-corrected chi connectivity index (χ2v) is 8.23. The van der Waals surface area contributed by atoms with E-state index in [4.69, 9.17) is 0 Å². The van der Waals surface area contributed by atoms with Crippen molar-refractivity contribution in [2.45, 2.75) is 50.3 Å². The third kappa shape index (κ3) is 5.85. The fourth-order valence-corrected chi connectivity index (χ4v) is 2.22. The van der Waals surface area contributed by atoms with Crippen LogP contribution in [-0.2, 0) is 9.84 Å². The second-order valence-electron chi connectivity index (χ2n) is 5.58. The fraction of sp³-hybridized carbons (Fsp3) is 0.917. The van der Waals surface area contributed by atoms with Gasteiger partial charge in [0.15, 0.2) is 15.8 Å². The van der Waals surface area contributed by atoms with Crippen molar-refractivity contribution >= 4 is 39.8 Å². The molecule has 0 aromatic carbocycles. The molecule has 0 aromatic heterocycles. The molecule has 0 aromatic rings. The van der Waals surface area contributed by atoms with Crippen LogP contribution in [0.4, 0.5) is 0 Å². The molecule has 0 saturated heterocycles. The van der Waals surface area contributed by atoms with Crippen molar-refractivity contribution in [3.8, 4) is 0 Å². The number of nitrogens with one attached hydrogen (secondary N) is 2. The molecule has 1 fully saturated rings.